The molecular weight excluding hydrogens is 512 g/mol. The lowest BCUT2D eigenvalue weighted by atomic mass is 10.0. The van der Waals surface area contributed by atoms with Gasteiger partial charge in [-0.15, -0.1) is 4.91 Å². The number of nitrogens with zero attached hydrogens (tertiary/aromatic N) is 1. The molecule has 0 heterocycles. The van der Waals surface area contributed by atoms with E-state index in [0.717, 1.165) is 12.7 Å². The molecular formula is C15H11I2NO4. The van der Waals surface area contributed by atoms with Gasteiger partial charge in [-0.3, -0.25) is 4.79 Å². The lowest BCUT2D eigenvalue weighted by Gasteiger charge is -2.14. The Balaban J connectivity index is 2.32. The van der Waals surface area contributed by atoms with Crippen LogP contribution in [-0.4, -0.2) is 11.0 Å². The Morgan fingerprint density at radius 2 is 1.73 bits per heavy atom. The smallest absolute Gasteiger partial charge is 0.293 e. The van der Waals surface area contributed by atoms with Gasteiger partial charge in [-0.1, -0.05) is 0 Å². The topological polar surface area (TPSA) is 76.0 Å². The van der Waals surface area contributed by atoms with Gasteiger partial charge in [-0.25, -0.2) is 0 Å². The van der Waals surface area contributed by atoms with Gasteiger partial charge in [0, 0.05) is 5.18 Å². The Bertz CT molecular complexity index is 693. The van der Waals surface area contributed by atoms with Crippen LogP contribution in [0.4, 0.5) is 0 Å². The fraction of sp³-hybridized carbons (Fsp3) is 0.133. The number of carbonyl (C=O) groups excluding carboxylic acids is 1. The van der Waals surface area contributed by atoms with Crippen molar-refractivity contribution in [3.63, 3.8) is 0 Å². The van der Waals surface area contributed by atoms with Crippen LogP contribution in [0.15, 0.2) is 41.6 Å². The highest BCUT2D eigenvalue weighted by Gasteiger charge is 2.19. The molecule has 1 atom stereocenters. The van der Waals surface area contributed by atoms with Gasteiger partial charge in [0.2, 0.25) is 0 Å². The number of ether oxygens (including phenoxy) is 1. The predicted octanol–water partition coefficient (Wildman–Crippen LogP) is 4.79. The van der Waals surface area contributed by atoms with Crippen molar-refractivity contribution in [2.45, 2.75) is 12.8 Å². The van der Waals surface area contributed by atoms with Crippen molar-refractivity contribution in [3.05, 3.63) is 54.0 Å². The zero-order valence-corrected chi connectivity index (χ0v) is 15.7. The monoisotopic (exact) mass is 523 g/mol. The number of nitroso groups, excluding NO2 is 1. The summed E-state index contributed by atoms with van der Waals surface area (Å²) in [5.41, 5.74) is 0.719. The highest BCUT2D eigenvalue weighted by Crippen LogP contribution is 2.35. The largest absolute Gasteiger partial charge is 0.508 e. The quantitative estimate of drug-likeness (QED) is 0.462. The van der Waals surface area contributed by atoms with Gasteiger partial charge < -0.3 is 9.84 Å². The van der Waals surface area contributed by atoms with Gasteiger partial charge in [-0.2, -0.15) is 0 Å². The van der Waals surface area contributed by atoms with E-state index >= 15 is 0 Å². The van der Waals surface area contributed by atoms with Crippen molar-refractivity contribution >= 4 is 51.1 Å². The van der Waals surface area contributed by atoms with Crippen molar-refractivity contribution in [1.29, 1.82) is 0 Å². The molecule has 0 aromatic heterocycles. The summed E-state index contributed by atoms with van der Waals surface area (Å²) in [4.78, 5) is 21.8. The van der Waals surface area contributed by atoms with Crippen LogP contribution in [0, 0.1) is 12.0 Å². The fourth-order valence-corrected chi connectivity index (χ4v) is 3.82. The number of rotatable bonds is 4. The molecule has 1 N–H and O–H groups in total. The number of benzene rings is 2. The molecule has 0 saturated carbocycles. The molecule has 0 radical (unpaired) electrons. The van der Waals surface area contributed by atoms with Crippen LogP contribution in [0.3, 0.4) is 0 Å². The molecule has 2 aromatic rings. The van der Waals surface area contributed by atoms with Crippen molar-refractivity contribution in [2.24, 2.45) is 5.18 Å². The number of hydrogen-bond donors (Lipinski definition) is 1. The minimum Gasteiger partial charge on any atom is -0.508 e. The molecule has 22 heavy (non-hydrogen) atoms. The maximum atomic E-state index is 11.4. The number of phenols is 1. The van der Waals surface area contributed by atoms with E-state index in [1.54, 1.807) is 43.3 Å². The second-order valence-corrected chi connectivity index (χ2v) is 6.89. The minimum absolute atomic E-state index is 0.167. The molecule has 5 nitrogen and oxygen atoms in total. The first kappa shape index (κ1) is 17.1. The second kappa shape index (κ2) is 7.36. The Morgan fingerprint density at radius 1 is 1.18 bits per heavy atom. The maximum Gasteiger partial charge on any atom is 0.293 e. The average molecular weight is 523 g/mol. The summed E-state index contributed by atoms with van der Waals surface area (Å²) in [6.07, 6.45) is 0. The Labute approximate surface area is 154 Å². The summed E-state index contributed by atoms with van der Waals surface area (Å²) in [6.45, 7) is 1.64. The number of hydrogen-bond acceptors (Lipinski definition) is 4. The summed E-state index contributed by atoms with van der Waals surface area (Å²) in [5, 5.41) is 11.8. The minimum atomic E-state index is -0.696. The summed E-state index contributed by atoms with van der Waals surface area (Å²) in [5.74, 6) is 0.149. The van der Waals surface area contributed by atoms with Crippen LogP contribution in [0.1, 0.15) is 18.4 Å². The van der Waals surface area contributed by atoms with Crippen LogP contribution in [0.2, 0.25) is 0 Å². The van der Waals surface area contributed by atoms with Crippen molar-refractivity contribution < 1.29 is 14.6 Å². The molecule has 0 bridgehead atoms. The molecule has 1 amide bonds. The summed E-state index contributed by atoms with van der Waals surface area (Å²) in [7, 11) is 0. The molecule has 0 aliphatic carbocycles. The van der Waals surface area contributed by atoms with Crippen LogP contribution in [0.25, 0.3) is 0 Å². The number of amides is 1. The van der Waals surface area contributed by atoms with Crippen LogP contribution in [-0.2, 0) is 4.79 Å². The molecule has 114 valence electrons. The summed E-state index contributed by atoms with van der Waals surface area (Å²) < 4.78 is 7.46. The van der Waals surface area contributed by atoms with Gasteiger partial charge in [0.25, 0.3) is 5.91 Å². The third-order valence-electron chi connectivity index (χ3n) is 3.04. The molecule has 0 fully saturated rings. The van der Waals surface area contributed by atoms with Gasteiger partial charge >= 0.3 is 0 Å². The molecule has 0 spiro atoms. The molecule has 0 aliphatic heterocycles. The summed E-state index contributed by atoms with van der Waals surface area (Å²) in [6, 6.07) is 10.0. The van der Waals surface area contributed by atoms with Gasteiger partial charge in [0.1, 0.15) is 11.5 Å². The molecule has 7 heteroatoms. The lowest BCUT2D eigenvalue weighted by Crippen LogP contribution is -2.06. The Morgan fingerprint density at radius 3 is 2.23 bits per heavy atom. The van der Waals surface area contributed by atoms with Crippen LogP contribution >= 0.6 is 45.2 Å². The SMILES string of the molecule is CC(C(=O)N=O)c1cc(I)c(Oc2ccc(O)cc2)c(I)c1. The third-order valence-corrected chi connectivity index (χ3v) is 4.64. The van der Waals surface area contributed by atoms with Crippen LogP contribution < -0.4 is 4.74 Å². The van der Waals surface area contributed by atoms with E-state index in [2.05, 4.69) is 50.4 Å². The highest BCUT2D eigenvalue weighted by molar-refractivity contribution is 14.1. The maximum absolute atomic E-state index is 11.4. The first-order valence-corrected chi connectivity index (χ1v) is 8.41. The summed E-state index contributed by atoms with van der Waals surface area (Å²) >= 11 is 4.23. The van der Waals surface area contributed by atoms with Gasteiger partial charge in [0.15, 0.2) is 5.75 Å². The normalized spacial score (nSPS) is 11.8. The second-order valence-electron chi connectivity index (χ2n) is 4.56. The highest BCUT2D eigenvalue weighted by atomic mass is 127. The average Bonchev–Trinajstić information content (AvgIpc) is 2.51. The first-order chi connectivity index (χ1) is 10.4. The van der Waals surface area contributed by atoms with E-state index in [-0.39, 0.29) is 5.75 Å². The zero-order chi connectivity index (χ0) is 16.3. The van der Waals surface area contributed by atoms with Crippen molar-refractivity contribution in [3.8, 4) is 17.2 Å². The van der Waals surface area contributed by atoms with Crippen molar-refractivity contribution in [1.82, 2.24) is 0 Å². The van der Waals surface area contributed by atoms with E-state index in [1.165, 1.54) is 0 Å². The lowest BCUT2D eigenvalue weighted by molar-refractivity contribution is -0.119. The molecule has 2 rings (SSSR count). The fourth-order valence-electron chi connectivity index (χ4n) is 1.78. The first-order valence-electron chi connectivity index (χ1n) is 6.25. The van der Waals surface area contributed by atoms with Crippen molar-refractivity contribution in [2.75, 3.05) is 0 Å². The van der Waals surface area contributed by atoms with E-state index < -0.39 is 11.8 Å². The van der Waals surface area contributed by atoms with Crippen LogP contribution in [0.5, 0.6) is 17.2 Å². The zero-order valence-electron chi connectivity index (χ0n) is 11.4. The third kappa shape index (κ3) is 3.94. The molecule has 1 unspecified atom stereocenters. The van der Waals surface area contributed by atoms with E-state index in [4.69, 9.17) is 4.74 Å². The molecule has 0 saturated heterocycles. The number of phenolic OH excluding ortho intramolecular Hbond substituents is 1. The standard InChI is InChI=1S/C15H11I2NO4/c1-8(15(20)18-21)9-6-12(16)14(13(17)7-9)22-11-4-2-10(19)3-5-11/h2-8,19H,1H3. The number of carbonyl (C=O) groups is 1. The predicted molar refractivity (Wildman–Crippen MR) is 99.3 cm³/mol. The Hall–Kier alpha value is -1.23. The van der Waals surface area contributed by atoms with Gasteiger partial charge in [-0.05, 0) is 94.1 Å². The molecule has 0 aliphatic rings. The number of aromatic hydroxyl groups is 1. The van der Waals surface area contributed by atoms with E-state index in [1.807, 2.05) is 0 Å². The number of halogens is 2. The Kier molecular flexibility index (Phi) is 5.73. The van der Waals surface area contributed by atoms with E-state index in [9.17, 15) is 14.8 Å². The molecule has 2 aromatic carbocycles. The van der Waals surface area contributed by atoms with Gasteiger partial charge in [0.05, 0.1) is 13.1 Å². The van der Waals surface area contributed by atoms with E-state index in [0.29, 0.717) is 11.5 Å².